The van der Waals surface area contributed by atoms with Gasteiger partial charge in [-0.05, 0) is 68.2 Å². The Morgan fingerprint density at radius 3 is 1.31 bits per heavy atom. The molecule has 0 saturated heterocycles. The first-order valence-electron chi connectivity index (χ1n) is 16.8. The summed E-state index contributed by atoms with van der Waals surface area (Å²) in [4.78, 5) is 30.6. The first-order valence-corrected chi connectivity index (χ1v) is 20.7. The maximum Gasteiger partial charge on any atom is 0.500 e. The van der Waals surface area contributed by atoms with Crippen LogP contribution >= 0.6 is 0 Å². The van der Waals surface area contributed by atoms with Crippen molar-refractivity contribution in [1.82, 2.24) is 10.6 Å². The number of anilines is 2. The summed E-state index contributed by atoms with van der Waals surface area (Å²) < 4.78 is 33.4. The quantitative estimate of drug-likeness (QED) is 0.167. The topological polar surface area (TPSA) is 120 Å². The highest BCUT2D eigenvalue weighted by Gasteiger charge is 2.38. The Hall–Kier alpha value is -2.83. The first-order chi connectivity index (χ1) is 23.3. The Morgan fingerprint density at radius 2 is 0.979 bits per heavy atom. The molecule has 0 heterocycles. The molecular weight excluding hydrogens is 649 g/mol. The minimum atomic E-state index is -2.74. The summed E-state index contributed by atoms with van der Waals surface area (Å²) in [6.07, 6.45) is 5.41. The molecule has 2 aromatic rings. The normalized spacial score (nSPS) is 16.7. The number of carbonyl (C=O) groups excluding carboxylic acids is 2. The average molecular weight is 705 g/mol. The van der Waals surface area contributed by atoms with Crippen molar-refractivity contribution in [3.63, 3.8) is 0 Å². The van der Waals surface area contributed by atoms with E-state index in [2.05, 4.69) is 10.6 Å². The Balaban J connectivity index is 1.54. The zero-order chi connectivity index (χ0) is 34.8. The highest BCUT2D eigenvalue weighted by molar-refractivity contribution is 6.60. The molecule has 4 amide bonds. The van der Waals surface area contributed by atoms with E-state index in [0.29, 0.717) is 62.9 Å². The highest BCUT2D eigenvalue weighted by Crippen LogP contribution is 2.29. The summed E-state index contributed by atoms with van der Waals surface area (Å²) in [5.41, 5.74) is 1.67. The van der Waals surface area contributed by atoms with Crippen LogP contribution in [-0.4, -0.2) is 98.5 Å². The predicted molar refractivity (Wildman–Crippen MR) is 192 cm³/mol. The Kier molecular flexibility index (Phi) is 17.0. The molecule has 2 atom stereocenters. The number of para-hydroxylation sites is 2. The molecule has 2 N–H and O–H groups in total. The van der Waals surface area contributed by atoms with Crippen LogP contribution in [0.5, 0.6) is 0 Å². The minimum absolute atomic E-state index is 0.128. The van der Waals surface area contributed by atoms with Crippen molar-refractivity contribution < 1.29 is 36.1 Å². The molecule has 3 rings (SSSR count). The maximum atomic E-state index is 13.5. The van der Waals surface area contributed by atoms with E-state index in [4.69, 9.17) is 26.6 Å². The van der Waals surface area contributed by atoms with Crippen molar-refractivity contribution in [3.8, 4) is 0 Å². The number of rotatable bonds is 20. The molecule has 1 saturated carbocycles. The van der Waals surface area contributed by atoms with Gasteiger partial charge in [0.1, 0.15) is 0 Å². The fourth-order valence-corrected chi connectivity index (χ4v) is 9.77. The van der Waals surface area contributed by atoms with Crippen molar-refractivity contribution in [2.75, 3.05) is 78.6 Å². The van der Waals surface area contributed by atoms with Gasteiger partial charge in [-0.15, -0.1) is 0 Å². The third-order valence-corrected chi connectivity index (χ3v) is 14.9. The monoisotopic (exact) mass is 704 g/mol. The second-order valence-corrected chi connectivity index (χ2v) is 18.2. The molecule has 1 aliphatic rings. The summed E-state index contributed by atoms with van der Waals surface area (Å²) in [5.74, 6) is 0.663. The smallest absolute Gasteiger partial charge is 0.377 e. The van der Waals surface area contributed by atoms with Crippen molar-refractivity contribution >= 4 is 41.0 Å². The number of benzene rings is 2. The van der Waals surface area contributed by atoms with Crippen LogP contribution in [0.25, 0.3) is 0 Å². The molecule has 0 radical (unpaired) electrons. The zero-order valence-electron chi connectivity index (χ0n) is 29.6. The van der Waals surface area contributed by atoms with E-state index in [-0.39, 0.29) is 12.1 Å². The maximum absolute atomic E-state index is 13.5. The summed E-state index contributed by atoms with van der Waals surface area (Å²) in [6.45, 7) is 2.17. The van der Waals surface area contributed by atoms with Gasteiger partial charge >= 0.3 is 29.7 Å². The van der Waals surface area contributed by atoms with Crippen LogP contribution < -0.4 is 20.4 Å². The van der Waals surface area contributed by atoms with Crippen molar-refractivity contribution in [2.24, 2.45) is 11.8 Å². The molecule has 0 aromatic heterocycles. The molecule has 12 nitrogen and oxygen atoms in total. The second kappa shape index (κ2) is 20.6. The van der Waals surface area contributed by atoms with Gasteiger partial charge < -0.3 is 37.2 Å². The lowest BCUT2D eigenvalue weighted by Gasteiger charge is -2.32. The lowest BCUT2D eigenvalue weighted by molar-refractivity contribution is 0.122. The van der Waals surface area contributed by atoms with Gasteiger partial charge in [-0.3, -0.25) is 9.80 Å². The summed E-state index contributed by atoms with van der Waals surface area (Å²) in [7, 11) is 4.12. The van der Waals surface area contributed by atoms with Crippen molar-refractivity contribution in [3.05, 3.63) is 60.7 Å². The molecule has 268 valence electrons. The number of hydrogen-bond donors (Lipinski definition) is 2. The summed E-state index contributed by atoms with van der Waals surface area (Å²) >= 11 is 0. The molecule has 2 unspecified atom stereocenters. The van der Waals surface area contributed by atoms with Gasteiger partial charge in [0, 0.05) is 92.3 Å². The van der Waals surface area contributed by atoms with Crippen LogP contribution in [0.1, 0.15) is 38.5 Å². The van der Waals surface area contributed by atoms with Gasteiger partial charge in [-0.2, -0.15) is 0 Å². The lowest BCUT2D eigenvalue weighted by Crippen LogP contribution is -2.46. The number of amides is 4. The summed E-state index contributed by atoms with van der Waals surface area (Å²) in [6, 6.07) is 20.3. The molecule has 1 fully saturated rings. The average Bonchev–Trinajstić information content (AvgIpc) is 3.14. The molecule has 0 aliphatic heterocycles. The van der Waals surface area contributed by atoms with Crippen molar-refractivity contribution in [2.45, 2.75) is 50.6 Å². The van der Waals surface area contributed by atoms with Gasteiger partial charge in [0.05, 0.1) is 0 Å². The van der Waals surface area contributed by atoms with Gasteiger partial charge in [-0.1, -0.05) is 42.8 Å². The molecular formula is C34H56N4O8Si2. The number of hydrogen-bond acceptors (Lipinski definition) is 8. The number of nitrogens with one attached hydrogen (secondary N) is 2. The third-order valence-electron chi connectivity index (χ3n) is 9.20. The van der Waals surface area contributed by atoms with E-state index in [0.717, 1.165) is 37.1 Å². The Morgan fingerprint density at radius 1 is 0.625 bits per heavy atom. The van der Waals surface area contributed by atoms with E-state index < -0.39 is 17.6 Å². The van der Waals surface area contributed by atoms with E-state index in [1.165, 1.54) is 0 Å². The van der Waals surface area contributed by atoms with Gasteiger partial charge in [0.15, 0.2) is 0 Å². The number of nitrogens with zero attached hydrogens (tertiary/aromatic N) is 2. The lowest BCUT2D eigenvalue weighted by atomic mass is 9.81. The number of urea groups is 2. The Bertz CT molecular complexity index is 1100. The Labute approximate surface area is 289 Å². The largest absolute Gasteiger partial charge is 0.500 e. The fourth-order valence-electron chi connectivity index (χ4n) is 6.36. The fraction of sp³-hybridized carbons (Fsp3) is 0.588. The molecule has 0 bridgehead atoms. The van der Waals surface area contributed by atoms with Gasteiger partial charge in [0.25, 0.3) is 0 Å². The standard InChI is InChI=1S/C34H56N4O8Si2/c1-41-47(42-2,43-3)24-14-22-37(31-18-9-7-10-19-31)33(39)35-27-29-16-13-17-30(26-29)28-36-34(40)38(32-20-11-8-12-21-32)23-15-25-48(44-4,45-5)46-6/h7-12,18-21,29-30H,13-17,22-28H2,1-6H3,(H,35,39)(H,36,40). The third kappa shape index (κ3) is 11.7. The van der Waals surface area contributed by atoms with Crippen LogP contribution in [0.15, 0.2) is 60.7 Å². The first kappa shape index (κ1) is 39.6. The zero-order valence-corrected chi connectivity index (χ0v) is 31.6. The predicted octanol–water partition coefficient (Wildman–Crippen LogP) is 5.76. The van der Waals surface area contributed by atoms with Crippen LogP contribution in [0, 0.1) is 11.8 Å². The van der Waals surface area contributed by atoms with Crippen LogP contribution in [-0.2, 0) is 26.6 Å². The van der Waals surface area contributed by atoms with E-state index in [1.807, 2.05) is 60.7 Å². The molecule has 14 heteroatoms. The van der Waals surface area contributed by atoms with Crippen LogP contribution in [0.3, 0.4) is 0 Å². The van der Waals surface area contributed by atoms with E-state index in [1.54, 1.807) is 52.5 Å². The van der Waals surface area contributed by atoms with E-state index >= 15 is 0 Å². The van der Waals surface area contributed by atoms with E-state index in [9.17, 15) is 9.59 Å². The number of carbonyl (C=O) groups is 2. The molecule has 0 spiro atoms. The second-order valence-electron chi connectivity index (χ2n) is 12.0. The minimum Gasteiger partial charge on any atom is -0.377 e. The van der Waals surface area contributed by atoms with Gasteiger partial charge in [0.2, 0.25) is 0 Å². The van der Waals surface area contributed by atoms with Crippen LogP contribution in [0.4, 0.5) is 21.0 Å². The summed E-state index contributed by atoms with van der Waals surface area (Å²) in [5, 5.41) is 6.39. The SMILES string of the molecule is CO[Si](CCCN(C(=O)NCC1CCCC(CNC(=O)N(CCC[Si](OC)(OC)OC)c2ccccc2)C1)c1ccccc1)(OC)OC. The van der Waals surface area contributed by atoms with Crippen LogP contribution in [0.2, 0.25) is 12.1 Å². The van der Waals surface area contributed by atoms with Crippen molar-refractivity contribution in [1.29, 1.82) is 0 Å². The highest BCUT2D eigenvalue weighted by atomic mass is 28.4. The molecule has 48 heavy (non-hydrogen) atoms. The molecule has 2 aromatic carbocycles. The molecule has 1 aliphatic carbocycles. The van der Waals surface area contributed by atoms with Gasteiger partial charge in [-0.25, -0.2) is 9.59 Å².